The number of rotatable bonds is 1. The molecule has 0 aromatic carbocycles. The quantitative estimate of drug-likeness (QED) is 0.571. The molecule has 0 aliphatic rings. The molecular weight excluding hydrogens is 148 g/mol. The molecule has 0 N–H and O–H groups in total. The number of hydrogen-bond donors (Lipinski definition) is 0. The molecule has 1 heterocycles. The minimum Gasteiger partial charge on any atom is -0.325 e. The summed E-state index contributed by atoms with van der Waals surface area (Å²) in [6.07, 6.45) is 5.18. The number of nitriles is 1. The van der Waals surface area contributed by atoms with Gasteiger partial charge < -0.3 is 4.57 Å². The Balaban J connectivity index is 3.27. The van der Waals surface area contributed by atoms with Crippen LogP contribution in [-0.2, 0) is 6.54 Å². The monoisotopic (exact) mass is 158 g/mol. The van der Waals surface area contributed by atoms with E-state index >= 15 is 0 Å². The van der Waals surface area contributed by atoms with E-state index in [0.29, 0.717) is 12.2 Å². The van der Waals surface area contributed by atoms with Gasteiger partial charge in [0.1, 0.15) is 11.8 Å². The third-order valence-electron chi connectivity index (χ3n) is 1.85. The molecule has 2 heteroatoms. The molecule has 0 unspecified atom stereocenters. The lowest BCUT2D eigenvalue weighted by Crippen LogP contribution is -2.00. The highest BCUT2D eigenvalue weighted by molar-refractivity contribution is 5.36. The van der Waals surface area contributed by atoms with Crippen LogP contribution in [0.25, 0.3) is 0 Å². The average Bonchev–Trinajstić information content (AvgIpc) is 2.28. The highest BCUT2D eigenvalue weighted by Gasteiger charge is 2.06. The van der Waals surface area contributed by atoms with Crippen molar-refractivity contribution in [3.8, 4) is 18.4 Å². The Bertz CT molecular complexity index is 372. The molecule has 1 rings (SSSR count). The van der Waals surface area contributed by atoms with Crippen molar-refractivity contribution in [2.75, 3.05) is 0 Å². The lowest BCUT2D eigenvalue weighted by molar-refractivity contribution is 0.800. The first-order valence-corrected chi connectivity index (χ1v) is 3.71. The van der Waals surface area contributed by atoms with Crippen LogP contribution >= 0.6 is 0 Å². The van der Waals surface area contributed by atoms with Crippen LogP contribution in [0, 0.1) is 37.5 Å². The van der Waals surface area contributed by atoms with Crippen LogP contribution in [0.5, 0.6) is 0 Å². The first-order valence-electron chi connectivity index (χ1n) is 3.71. The summed E-state index contributed by atoms with van der Waals surface area (Å²) in [6.45, 7) is 4.34. The van der Waals surface area contributed by atoms with E-state index in [-0.39, 0.29) is 0 Å². The standard InChI is InChI=1S/C10H10N2/c1-4-5-12-9(3)6-8(2)10(12)7-11/h1,6H,5H2,2-3H3. The predicted molar refractivity (Wildman–Crippen MR) is 47.5 cm³/mol. The van der Waals surface area contributed by atoms with E-state index in [0.717, 1.165) is 11.3 Å². The van der Waals surface area contributed by atoms with E-state index in [4.69, 9.17) is 11.7 Å². The van der Waals surface area contributed by atoms with Crippen molar-refractivity contribution in [2.24, 2.45) is 0 Å². The minimum absolute atomic E-state index is 0.475. The Hall–Kier alpha value is -1.67. The van der Waals surface area contributed by atoms with Crippen LogP contribution in [0.3, 0.4) is 0 Å². The van der Waals surface area contributed by atoms with Crippen LogP contribution in [0.4, 0.5) is 0 Å². The maximum atomic E-state index is 8.80. The van der Waals surface area contributed by atoms with E-state index in [9.17, 15) is 0 Å². The van der Waals surface area contributed by atoms with Crippen molar-refractivity contribution in [1.29, 1.82) is 5.26 Å². The molecule has 0 atom stereocenters. The molecular formula is C10H10N2. The number of nitrogens with zero attached hydrogens (tertiary/aromatic N) is 2. The molecule has 0 aliphatic carbocycles. The number of aryl methyl sites for hydroxylation is 2. The highest BCUT2D eigenvalue weighted by Crippen LogP contribution is 2.12. The van der Waals surface area contributed by atoms with Crippen molar-refractivity contribution in [1.82, 2.24) is 4.57 Å². The van der Waals surface area contributed by atoms with Crippen molar-refractivity contribution in [2.45, 2.75) is 20.4 Å². The molecule has 0 aliphatic heterocycles. The Labute approximate surface area is 72.4 Å². The maximum absolute atomic E-state index is 8.80. The fraction of sp³-hybridized carbons (Fsp3) is 0.300. The van der Waals surface area contributed by atoms with Crippen LogP contribution < -0.4 is 0 Å². The SMILES string of the molecule is C#CCn1c(C)cc(C)c1C#N. The molecule has 1 aromatic heterocycles. The van der Waals surface area contributed by atoms with Gasteiger partial charge in [0.2, 0.25) is 0 Å². The molecule has 1 aromatic rings. The minimum atomic E-state index is 0.475. The van der Waals surface area contributed by atoms with Crippen LogP contribution in [0.15, 0.2) is 6.07 Å². The topological polar surface area (TPSA) is 28.7 Å². The summed E-state index contributed by atoms with van der Waals surface area (Å²) in [7, 11) is 0. The average molecular weight is 158 g/mol. The lowest BCUT2D eigenvalue weighted by atomic mass is 10.3. The second-order valence-corrected chi connectivity index (χ2v) is 2.72. The Morgan fingerprint density at radius 3 is 2.75 bits per heavy atom. The van der Waals surface area contributed by atoms with Gasteiger partial charge in [0.05, 0.1) is 6.54 Å². The van der Waals surface area contributed by atoms with E-state index in [1.807, 2.05) is 24.5 Å². The normalized spacial score (nSPS) is 9.00. The summed E-state index contributed by atoms with van der Waals surface area (Å²) in [5.41, 5.74) is 2.71. The van der Waals surface area contributed by atoms with E-state index in [2.05, 4.69) is 12.0 Å². The molecule has 2 nitrogen and oxygen atoms in total. The second kappa shape index (κ2) is 3.15. The van der Waals surface area contributed by atoms with Gasteiger partial charge in [-0.2, -0.15) is 5.26 Å². The molecule has 0 saturated heterocycles. The summed E-state index contributed by atoms with van der Waals surface area (Å²) in [6, 6.07) is 4.11. The zero-order valence-electron chi connectivity index (χ0n) is 7.26. The van der Waals surface area contributed by atoms with Crippen molar-refractivity contribution >= 4 is 0 Å². The van der Waals surface area contributed by atoms with Gasteiger partial charge in [-0.3, -0.25) is 0 Å². The number of terminal acetylenes is 1. The third kappa shape index (κ3) is 1.20. The number of hydrogen-bond acceptors (Lipinski definition) is 1. The van der Waals surface area contributed by atoms with E-state index in [1.165, 1.54) is 0 Å². The highest BCUT2D eigenvalue weighted by atomic mass is 15.0. The third-order valence-corrected chi connectivity index (χ3v) is 1.85. The Kier molecular flexibility index (Phi) is 2.21. The summed E-state index contributed by atoms with van der Waals surface area (Å²) < 4.78 is 1.84. The van der Waals surface area contributed by atoms with Gasteiger partial charge in [-0.1, -0.05) is 5.92 Å². The molecule has 0 amide bonds. The smallest absolute Gasteiger partial charge is 0.124 e. The first-order chi connectivity index (χ1) is 5.70. The molecule has 60 valence electrons. The molecule has 0 radical (unpaired) electrons. The van der Waals surface area contributed by atoms with Crippen molar-refractivity contribution in [3.05, 3.63) is 23.0 Å². The Morgan fingerprint density at radius 2 is 2.25 bits per heavy atom. The predicted octanol–water partition coefficient (Wildman–Crippen LogP) is 1.61. The summed E-state index contributed by atoms with van der Waals surface area (Å²) >= 11 is 0. The zero-order valence-corrected chi connectivity index (χ0v) is 7.26. The van der Waals surface area contributed by atoms with Gasteiger partial charge in [-0.25, -0.2) is 0 Å². The fourth-order valence-corrected chi connectivity index (χ4v) is 1.29. The fourth-order valence-electron chi connectivity index (χ4n) is 1.29. The first kappa shape index (κ1) is 8.43. The molecule has 0 saturated carbocycles. The summed E-state index contributed by atoms with van der Waals surface area (Å²) in [5.74, 6) is 2.52. The molecule has 0 fully saturated rings. The van der Waals surface area contributed by atoms with Crippen LogP contribution in [0.2, 0.25) is 0 Å². The second-order valence-electron chi connectivity index (χ2n) is 2.72. The lowest BCUT2D eigenvalue weighted by Gasteiger charge is -2.01. The Morgan fingerprint density at radius 1 is 1.58 bits per heavy atom. The van der Waals surface area contributed by atoms with Crippen LogP contribution in [-0.4, -0.2) is 4.57 Å². The molecule has 12 heavy (non-hydrogen) atoms. The maximum Gasteiger partial charge on any atom is 0.124 e. The zero-order chi connectivity index (χ0) is 9.14. The summed E-state index contributed by atoms with van der Waals surface area (Å²) in [5, 5.41) is 8.80. The molecule has 0 bridgehead atoms. The van der Waals surface area contributed by atoms with Gasteiger partial charge >= 0.3 is 0 Å². The van der Waals surface area contributed by atoms with Gasteiger partial charge in [0.15, 0.2) is 0 Å². The van der Waals surface area contributed by atoms with Crippen molar-refractivity contribution < 1.29 is 0 Å². The van der Waals surface area contributed by atoms with Gasteiger partial charge in [-0.05, 0) is 25.5 Å². The van der Waals surface area contributed by atoms with Crippen LogP contribution in [0.1, 0.15) is 17.0 Å². The van der Waals surface area contributed by atoms with E-state index in [1.54, 1.807) is 0 Å². The summed E-state index contributed by atoms with van der Waals surface area (Å²) in [4.78, 5) is 0. The van der Waals surface area contributed by atoms with Crippen molar-refractivity contribution in [3.63, 3.8) is 0 Å². The van der Waals surface area contributed by atoms with E-state index < -0.39 is 0 Å². The largest absolute Gasteiger partial charge is 0.325 e. The van der Waals surface area contributed by atoms with Gasteiger partial charge in [0.25, 0.3) is 0 Å². The molecule has 0 spiro atoms. The van der Waals surface area contributed by atoms with Gasteiger partial charge in [0, 0.05) is 5.69 Å². The number of aromatic nitrogens is 1. The van der Waals surface area contributed by atoms with Gasteiger partial charge in [-0.15, -0.1) is 6.42 Å².